The maximum atomic E-state index is 5.00. The summed E-state index contributed by atoms with van der Waals surface area (Å²) in [5.74, 6) is 0.881. The first-order valence-electron chi connectivity index (χ1n) is 5.98. The number of ether oxygens (including phenoxy) is 1. The lowest BCUT2D eigenvalue weighted by molar-refractivity contribution is 0.197. The number of nitrogens with zero attached hydrogens (tertiary/aromatic N) is 5. The van der Waals surface area contributed by atoms with Crippen molar-refractivity contribution in [1.82, 2.24) is 24.5 Å². The van der Waals surface area contributed by atoms with Gasteiger partial charge in [0, 0.05) is 45.4 Å². The molecule has 0 fully saturated rings. The van der Waals surface area contributed by atoms with Crippen LogP contribution in [0, 0.1) is 0 Å². The molecule has 0 aliphatic rings. The van der Waals surface area contributed by atoms with Crippen LogP contribution in [-0.2, 0) is 17.8 Å². The fourth-order valence-corrected chi connectivity index (χ4v) is 1.64. The van der Waals surface area contributed by atoms with Gasteiger partial charge in [-0.3, -0.25) is 4.68 Å². The lowest BCUT2D eigenvalue weighted by atomic mass is 10.4. The number of methoxy groups -OCH3 is 1. The topological polar surface area (TPSA) is 69.8 Å². The van der Waals surface area contributed by atoms with E-state index in [0.717, 1.165) is 38.6 Å². The van der Waals surface area contributed by atoms with E-state index < -0.39 is 0 Å². The van der Waals surface area contributed by atoms with E-state index in [-0.39, 0.29) is 0 Å². The Labute approximate surface area is 106 Å². The smallest absolute Gasteiger partial charge is 0.202 e. The molecule has 2 rings (SSSR count). The number of nitrogens with one attached hydrogen (secondary N) is 1. The second kappa shape index (κ2) is 6.75. The minimum atomic E-state index is 0.757. The predicted octanol–water partition coefficient (Wildman–Crippen LogP) is 0.623. The van der Waals surface area contributed by atoms with E-state index in [2.05, 4.69) is 25.2 Å². The highest BCUT2D eigenvalue weighted by atomic mass is 16.5. The Bertz CT molecular complexity index is 438. The molecule has 0 radical (unpaired) electrons. The molecule has 18 heavy (non-hydrogen) atoms. The summed E-state index contributed by atoms with van der Waals surface area (Å²) in [5.41, 5.74) is 0. The van der Waals surface area contributed by atoms with Crippen LogP contribution >= 0.6 is 0 Å². The van der Waals surface area contributed by atoms with Crippen molar-refractivity contribution in [3.8, 4) is 0 Å². The molecule has 2 heterocycles. The zero-order chi connectivity index (χ0) is 12.6. The normalized spacial score (nSPS) is 10.7. The zero-order valence-electron chi connectivity index (χ0n) is 10.5. The van der Waals surface area contributed by atoms with Crippen LogP contribution < -0.4 is 5.32 Å². The summed E-state index contributed by atoms with van der Waals surface area (Å²) in [5, 5.41) is 11.0. The van der Waals surface area contributed by atoms with Crippen LogP contribution in [0.1, 0.15) is 6.42 Å². The van der Waals surface area contributed by atoms with E-state index >= 15 is 0 Å². The standard InChI is InChI=1S/C11H18N6O/c1-18-10-2-3-12-11-13-4-6-16(11)8-9-17-7-5-14-15-17/h4-7H,2-3,8-10H2,1H3,(H,12,13). The first-order chi connectivity index (χ1) is 8.90. The highest BCUT2D eigenvalue weighted by Crippen LogP contribution is 2.04. The molecular weight excluding hydrogens is 232 g/mol. The van der Waals surface area contributed by atoms with Gasteiger partial charge in [0.1, 0.15) is 0 Å². The van der Waals surface area contributed by atoms with Crippen molar-refractivity contribution >= 4 is 5.95 Å². The van der Waals surface area contributed by atoms with Gasteiger partial charge in [-0.25, -0.2) is 4.98 Å². The molecule has 0 aliphatic carbocycles. The molecular formula is C11H18N6O. The number of imidazole rings is 1. The SMILES string of the molecule is COCCCNc1nccn1CCn1ccnn1. The Morgan fingerprint density at radius 3 is 3.00 bits per heavy atom. The molecule has 0 aliphatic heterocycles. The molecule has 0 aromatic carbocycles. The first-order valence-corrected chi connectivity index (χ1v) is 5.98. The summed E-state index contributed by atoms with van der Waals surface area (Å²) in [6.07, 6.45) is 8.24. The van der Waals surface area contributed by atoms with Crippen molar-refractivity contribution in [3.05, 3.63) is 24.8 Å². The van der Waals surface area contributed by atoms with E-state index in [1.54, 1.807) is 24.2 Å². The second-order valence-corrected chi connectivity index (χ2v) is 3.88. The van der Waals surface area contributed by atoms with E-state index in [4.69, 9.17) is 4.74 Å². The first kappa shape index (κ1) is 12.6. The lowest BCUT2D eigenvalue weighted by Gasteiger charge is -2.09. The van der Waals surface area contributed by atoms with E-state index in [1.165, 1.54) is 0 Å². The Hall–Kier alpha value is -1.89. The number of anilines is 1. The van der Waals surface area contributed by atoms with E-state index in [0.29, 0.717) is 0 Å². The largest absolute Gasteiger partial charge is 0.385 e. The third-order valence-corrected chi connectivity index (χ3v) is 2.57. The van der Waals surface area contributed by atoms with Gasteiger partial charge in [0.15, 0.2) is 0 Å². The summed E-state index contributed by atoms with van der Waals surface area (Å²) in [7, 11) is 1.71. The molecule has 0 saturated carbocycles. The lowest BCUT2D eigenvalue weighted by Crippen LogP contribution is -2.13. The summed E-state index contributed by atoms with van der Waals surface area (Å²) in [6, 6.07) is 0. The highest BCUT2D eigenvalue weighted by molar-refractivity contribution is 5.25. The van der Waals surface area contributed by atoms with Gasteiger partial charge in [-0.05, 0) is 6.42 Å². The minimum Gasteiger partial charge on any atom is -0.385 e. The summed E-state index contributed by atoms with van der Waals surface area (Å²) < 4.78 is 8.87. The molecule has 0 unspecified atom stereocenters. The fourth-order valence-electron chi connectivity index (χ4n) is 1.64. The van der Waals surface area contributed by atoms with Gasteiger partial charge in [-0.2, -0.15) is 0 Å². The van der Waals surface area contributed by atoms with Gasteiger partial charge in [-0.15, -0.1) is 5.10 Å². The molecule has 0 saturated heterocycles. The summed E-state index contributed by atoms with van der Waals surface area (Å²) >= 11 is 0. The number of aromatic nitrogens is 5. The van der Waals surface area contributed by atoms with Gasteiger partial charge in [0.2, 0.25) is 5.95 Å². The van der Waals surface area contributed by atoms with Crippen LogP contribution in [0.25, 0.3) is 0 Å². The van der Waals surface area contributed by atoms with Gasteiger partial charge in [0.25, 0.3) is 0 Å². The van der Waals surface area contributed by atoms with Crippen LogP contribution in [-0.4, -0.2) is 44.8 Å². The minimum absolute atomic E-state index is 0.757. The molecule has 0 atom stereocenters. The molecule has 0 amide bonds. The third-order valence-electron chi connectivity index (χ3n) is 2.57. The van der Waals surface area contributed by atoms with Crippen molar-refractivity contribution < 1.29 is 4.74 Å². The van der Waals surface area contributed by atoms with E-state index in [9.17, 15) is 0 Å². The van der Waals surface area contributed by atoms with Crippen molar-refractivity contribution in [2.24, 2.45) is 0 Å². The molecule has 2 aromatic rings. The Morgan fingerprint density at radius 2 is 2.22 bits per heavy atom. The number of rotatable bonds is 8. The van der Waals surface area contributed by atoms with Gasteiger partial charge in [0.05, 0.1) is 12.7 Å². The van der Waals surface area contributed by atoms with Gasteiger partial charge < -0.3 is 14.6 Å². The van der Waals surface area contributed by atoms with Crippen LogP contribution in [0.4, 0.5) is 5.95 Å². The number of hydrogen-bond acceptors (Lipinski definition) is 5. The van der Waals surface area contributed by atoms with Crippen LogP contribution in [0.2, 0.25) is 0 Å². The highest BCUT2D eigenvalue weighted by Gasteiger charge is 2.02. The van der Waals surface area contributed by atoms with Crippen molar-refractivity contribution in [2.75, 3.05) is 25.6 Å². The molecule has 98 valence electrons. The maximum absolute atomic E-state index is 5.00. The van der Waals surface area contributed by atoms with Gasteiger partial charge >= 0.3 is 0 Å². The average molecular weight is 250 g/mol. The third kappa shape index (κ3) is 3.56. The molecule has 7 nitrogen and oxygen atoms in total. The van der Waals surface area contributed by atoms with Crippen molar-refractivity contribution in [3.63, 3.8) is 0 Å². The van der Waals surface area contributed by atoms with Crippen LogP contribution in [0.5, 0.6) is 0 Å². The van der Waals surface area contributed by atoms with Crippen LogP contribution in [0.3, 0.4) is 0 Å². The number of hydrogen-bond donors (Lipinski definition) is 1. The monoisotopic (exact) mass is 250 g/mol. The fraction of sp³-hybridized carbons (Fsp3) is 0.545. The number of aryl methyl sites for hydroxylation is 2. The molecule has 2 aromatic heterocycles. The quantitative estimate of drug-likeness (QED) is 0.696. The predicted molar refractivity (Wildman–Crippen MR) is 67.2 cm³/mol. The summed E-state index contributed by atoms with van der Waals surface area (Å²) in [4.78, 5) is 4.28. The van der Waals surface area contributed by atoms with Gasteiger partial charge in [-0.1, -0.05) is 5.21 Å². The Kier molecular flexibility index (Phi) is 4.71. The second-order valence-electron chi connectivity index (χ2n) is 3.88. The Balaban J connectivity index is 1.79. The van der Waals surface area contributed by atoms with E-state index in [1.807, 2.05) is 12.4 Å². The average Bonchev–Trinajstić information content (AvgIpc) is 3.03. The zero-order valence-corrected chi connectivity index (χ0v) is 10.5. The van der Waals surface area contributed by atoms with Crippen molar-refractivity contribution in [1.29, 1.82) is 0 Å². The molecule has 0 bridgehead atoms. The molecule has 7 heteroatoms. The van der Waals surface area contributed by atoms with Crippen molar-refractivity contribution in [2.45, 2.75) is 19.5 Å². The van der Waals surface area contributed by atoms with Crippen LogP contribution in [0.15, 0.2) is 24.8 Å². The Morgan fingerprint density at radius 1 is 1.28 bits per heavy atom. The maximum Gasteiger partial charge on any atom is 0.202 e. The summed E-state index contributed by atoms with van der Waals surface area (Å²) in [6.45, 7) is 3.21. The molecule has 1 N–H and O–H groups in total. The molecule has 0 spiro atoms.